The number of hydrogen-bond donors (Lipinski definition) is 0. The quantitative estimate of drug-likeness (QED) is 0.0604. The van der Waals surface area contributed by atoms with Crippen LogP contribution in [-0.2, 0) is 12.8 Å². The number of rotatable bonds is 22. The summed E-state index contributed by atoms with van der Waals surface area (Å²) in [4.78, 5) is 7.11. The topological polar surface area (TPSA) is 56.3 Å². The third kappa shape index (κ3) is 10.7. The first kappa shape index (κ1) is 39.1. The number of fused-ring (bicyclic) bond motifs is 3. The first-order valence-electron chi connectivity index (χ1n) is 19.3. The number of hydrogen-bond acceptors (Lipinski definition) is 4. The molecule has 0 spiro atoms. The van der Waals surface area contributed by atoms with Gasteiger partial charge < -0.3 is 0 Å². The monoisotopic (exact) mass is 702 g/mol. The lowest BCUT2D eigenvalue weighted by atomic mass is 9.91. The summed E-state index contributed by atoms with van der Waals surface area (Å²) in [5.74, 6) is 0.146. The van der Waals surface area contributed by atoms with E-state index in [0.717, 1.165) is 45.5 Å². The summed E-state index contributed by atoms with van der Waals surface area (Å²) in [6, 6.07) is 12.9. The predicted octanol–water partition coefficient (Wildman–Crippen LogP) is 13.3. The van der Waals surface area contributed by atoms with Gasteiger partial charge in [0.05, 0.1) is 4.53 Å². The molecule has 0 radical (unpaired) electrons. The molecule has 0 aliphatic heterocycles. The lowest BCUT2D eigenvalue weighted by Crippen LogP contribution is -1.94. The second-order valence-electron chi connectivity index (χ2n) is 13.9. The maximum Gasteiger partial charge on any atom is 0.536 e. The second-order valence-corrected chi connectivity index (χ2v) is 16.0. The molecule has 0 aliphatic rings. The Bertz CT molecular complexity index is 1820. The van der Waals surface area contributed by atoms with Gasteiger partial charge in [0.2, 0.25) is 0 Å². The van der Waals surface area contributed by atoms with E-state index in [1.54, 1.807) is 22.7 Å². The third-order valence-electron chi connectivity index (χ3n) is 10.1. The van der Waals surface area contributed by atoms with Crippen molar-refractivity contribution < 1.29 is 0 Å². The molecule has 2 aromatic heterocycles. The van der Waals surface area contributed by atoms with Crippen LogP contribution in [0.4, 0.5) is 0 Å². The van der Waals surface area contributed by atoms with E-state index in [2.05, 4.69) is 53.9 Å². The minimum absolute atomic E-state index is 0.146. The van der Waals surface area contributed by atoms with E-state index in [-0.39, 0.29) is 11.4 Å². The zero-order valence-corrected chi connectivity index (χ0v) is 32.1. The van der Waals surface area contributed by atoms with Crippen molar-refractivity contribution in [1.82, 2.24) is 0 Å². The molecule has 50 heavy (non-hydrogen) atoms. The zero-order chi connectivity index (χ0) is 35.6. The molecule has 262 valence electrons. The Morgan fingerprint density at radius 1 is 0.540 bits per heavy atom. The molecule has 4 rings (SSSR count). The van der Waals surface area contributed by atoms with E-state index >= 15 is 0 Å². The number of thiophene rings is 2. The molecular formula is C44H54N4S2. The summed E-state index contributed by atoms with van der Waals surface area (Å²) in [6.07, 6.45) is 27.7. The van der Waals surface area contributed by atoms with Crippen molar-refractivity contribution in [3.8, 4) is 12.1 Å². The molecule has 0 atom stereocenters. The molecule has 0 saturated carbocycles. The van der Waals surface area contributed by atoms with Crippen molar-refractivity contribution in [3.63, 3.8) is 0 Å². The van der Waals surface area contributed by atoms with Crippen LogP contribution in [0.25, 0.3) is 52.0 Å². The standard InChI is InChI=1S/C44H54N4S2/c1-5-7-9-11-13-15-17-19-21-23-25-36-39-28-34-30-41(44(47-3)48-4)50-43(34)37(26-24-22-20-18-16-14-12-10-8-6-2)38(39)27-33-29-40(49-42(33)36)35(31-45)32-46/h27-30H,5-26H2,1-2H3. The first-order chi connectivity index (χ1) is 24.6. The molecule has 0 fully saturated rings. The van der Waals surface area contributed by atoms with E-state index in [4.69, 9.17) is 13.1 Å². The van der Waals surface area contributed by atoms with E-state index in [0.29, 0.717) is 0 Å². The van der Waals surface area contributed by atoms with Gasteiger partial charge in [0, 0.05) is 9.40 Å². The zero-order valence-electron chi connectivity index (χ0n) is 30.5. The summed E-state index contributed by atoms with van der Waals surface area (Å²) in [6.45, 7) is 19.8. The molecule has 0 bridgehead atoms. The Balaban J connectivity index is 1.67. The largest absolute Gasteiger partial charge is 0.536 e. The number of aryl methyl sites for hydroxylation is 2. The summed E-state index contributed by atoms with van der Waals surface area (Å²) in [5, 5.41) is 24.1. The van der Waals surface area contributed by atoms with Gasteiger partial charge in [-0.15, -0.1) is 22.7 Å². The fraction of sp³-hybridized carbons (Fsp3) is 0.545. The van der Waals surface area contributed by atoms with E-state index in [1.165, 1.54) is 147 Å². The lowest BCUT2D eigenvalue weighted by Gasteiger charge is -2.14. The van der Waals surface area contributed by atoms with Gasteiger partial charge in [-0.3, -0.25) is 0 Å². The van der Waals surface area contributed by atoms with Gasteiger partial charge in [-0.1, -0.05) is 129 Å². The molecule has 6 heteroatoms. The summed E-state index contributed by atoms with van der Waals surface area (Å²) >= 11 is 3.17. The molecule has 4 nitrogen and oxygen atoms in total. The molecule has 0 amide bonds. The number of nitrogens with zero attached hydrogens (tertiary/aromatic N) is 4. The fourth-order valence-corrected chi connectivity index (χ4v) is 9.61. The normalized spacial score (nSPS) is 11.1. The van der Waals surface area contributed by atoms with Crippen LogP contribution in [-0.4, -0.2) is 0 Å². The van der Waals surface area contributed by atoms with E-state index in [9.17, 15) is 10.5 Å². The van der Waals surface area contributed by atoms with Crippen LogP contribution in [0.5, 0.6) is 0 Å². The van der Waals surface area contributed by atoms with Crippen molar-refractivity contribution >= 4 is 65.0 Å². The van der Waals surface area contributed by atoms with Crippen molar-refractivity contribution in [2.45, 2.75) is 155 Å². The van der Waals surface area contributed by atoms with E-state index < -0.39 is 0 Å². The van der Waals surface area contributed by atoms with E-state index in [1.807, 2.05) is 6.07 Å². The Morgan fingerprint density at radius 3 is 1.28 bits per heavy atom. The van der Waals surface area contributed by atoms with Crippen molar-refractivity contribution in [2.75, 3.05) is 0 Å². The summed E-state index contributed by atoms with van der Waals surface area (Å²) in [5.41, 5.74) is 2.83. The molecule has 2 heterocycles. The number of unbranched alkanes of at least 4 members (excludes halogenated alkanes) is 18. The van der Waals surface area contributed by atoms with Crippen LogP contribution in [0.1, 0.15) is 153 Å². The summed E-state index contributed by atoms with van der Waals surface area (Å²) in [7, 11) is 0. The Hall–Kier alpha value is -3.68. The van der Waals surface area contributed by atoms with Crippen molar-refractivity contribution in [3.05, 3.63) is 67.3 Å². The van der Waals surface area contributed by atoms with Gasteiger partial charge in [-0.05, 0) is 82.6 Å². The van der Waals surface area contributed by atoms with Crippen molar-refractivity contribution in [2.24, 2.45) is 0 Å². The third-order valence-corrected chi connectivity index (χ3v) is 12.5. The molecule has 4 aromatic rings. The maximum absolute atomic E-state index is 9.70. The van der Waals surface area contributed by atoms with Gasteiger partial charge in [0.15, 0.2) is 0 Å². The Kier molecular flexibility index (Phi) is 16.8. The smallest absolute Gasteiger partial charge is 0.192 e. The summed E-state index contributed by atoms with van der Waals surface area (Å²) < 4.78 is 3.88. The SMILES string of the molecule is [C-]#[N+]C([N+]#[C-])=c1cc2cc3c(CCCCCCCCCCCC)c4sc(=C(C#N)C#N)cc4cc3c(CCCCCCCCCCCC)c2s1. The van der Waals surface area contributed by atoms with Gasteiger partial charge in [-0.2, -0.15) is 20.2 Å². The lowest BCUT2D eigenvalue weighted by molar-refractivity contribution is 0.556. The molecule has 0 aliphatic carbocycles. The van der Waals surface area contributed by atoms with Gasteiger partial charge in [-0.25, -0.2) is 0 Å². The number of benzene rings is 2. The Morgan fingerprint density at radius 2 is 0.900 bits per heavy atom. The number of nitriles is 2. The molecule has 0 unspecified atom stereocenters. The highest BCUT2D eigenvalue weighted by molar-refractivity contribution is 7.18. The van der Waals surface area contributed by atoms with Crippen LogP contribution in [0.3, 0.4) is 0 Å². The van der Waals surface area contributed by atoms with Gasteiger partial charge >= 0.3 is 5.82 Å². The average molecular weight is 703 g/mol. The van der Waals surface area contributed by atoms with Crippen LogP contribution in [0.15, 0.2) is 24.3 Å². The van der Waals surface area contributed by atoms with Gasteiger partial charge in [0.1, 0.15) is 35.4 Å². The fourth-order valence-electron chi connectivity index (χ4n) is 7.29. The molecular weight excluding hydrogens is 649 g/mol. The van der Waals surface area contributed by atoms with Crippen LogP contribution in [0, 0.1) is 35.8 Å². The minimum atomic E-state index is 0.146. The highest BCUT2D eigenvalue weighted by Crippen LogP contribution is 2.39. The molecule has 0 N–H and O–H groups in total. The van der Waals surface area contributed by atoms with Crippen molar-refractivity contribution in [1.29, 1.82) is 10.5 Å². The van der Waals surface area contributed by atoms with Crippen LogP contribution >= 0.6 is 22.7 Å². The minimum Gasteiger partial charge on any atom is -0.192 e. The molecule has 2 aromatic carbocycles. The maximum atomic E-state index is 9.70. The molecule has 0 saturated heterocycles. The van der Waals surface area contributed by atoms with Crippen LogP contribution < -0.4 is 9.06 Å². The Labute approximate surface area is 308 Å². The highest BCUT2D eigenvalue weighted by atomic mass is 32.1. The first-order valence-corrected chi connectivity index (χ1v) is 21.0. The van der Waals surface area contributed by atoms with Crippen LogP contribution in [0.2, 0.25) is 0 Å². The predicted molar refractivity (Wildman–Crippen MR) is 216 cm³/mol. The van der Waals surface area contributed by atoms with Gasteiger partial charge in [0.25, 0.3) is 0 Å². The average Bonchev–Trinajstić information content (AvgIpc) is 3.75. The second kappa shape index (κ2) is 21.5. The highest BCUT2D eigenvalue weighted by Gasteiger charge is 2.18.